The van der Waals surface area contributed by atoms with Crippen molar-refractivity contribution >= 4 is 7.82 Å². The van der Waals surface area contributed by atoms with Crippen molar-refractivity contribution in [2.24, 2.45) is 17.2 Å². The number of rotatable bonds is 15. The van der Waals surface area contributed by atoms with Gasteiger partial charge in [0.15, 0.2) is 0 Å². The van der Waals surface area contributed by atoms with Gasteiger partial charge >= 0.3 is 7.82 Å². The molecule has 8 heteroatoms. The highest BCUT2D eigenvalue weighted by atomic mass is 31.2. The van der Waals surface area contributed by atoms with Gasteiger partial charge in [0, 0.05) is 0 Å². The van der Waals surface area contributed by atoms with Crippen molar-refractivity contribution < 1.29 is 18.1 Å². The maximum Gasteiger partial charge on any atom is 0.474 e. The predicted octanol–water partition coefficient (Wildman–Crippen LogP) is 1.36. The second kappa shape index (κ2) is 13.9. The maximum absolute atomic E-state index is 12.3. The molecule has 20 heavy (non-hydrogen) atoms. The summed E-state index contributed by atoms with van der Waals surface area (Å²) in [5.74, 6) is 0. The quantitative estimate of drug-likeness (QED) is 0.308. The van der Waals surface area contributed by atoms with Crippen LogP contribution in [0.15, 0.2) is 0 Å². The van der Waals surface area contributed by atoms with Crippen LogP contribution < -0.4 is 17.2 Å². The van der Waals surface area contributed by atoms with Gasteiger partial charge in [-0.25, -0.2) is 4.57 Å². The lowest BCUT2D eigenvalue weighted by Crippen LogP contribution is -2.07. The van der Waals surface area contributed by atoms with E-state index in [4.69, 9.17) is 30.8 Å². The lowest BCUT2D eigenvalue weighted by atomic mass is 10.3. The second-order valence-electron chi connectivity index (χ2n) is 4.43. The molecule has 0 rings (SSSR count). The van der Waals surface area contributed by atoms with Gasteiger partial charge < -0.3 is 17.2 Å². The molecule has 0 spiro atoms. The zero-order valence-electron chi connectivity index (χ0n) is 12.3. The molecular weight excluding hydrogens is 281 g/mol. The molecule has 0 saturated carbocycles. The summed E-state index contributed by atoms with van der Waals surface area (Å²) in [6, 6.07) is 0. The number of nitrogens with two attached hydrogens (primary N) is 3. The Hall–Kier alpha value is -0.0100. The molecule has 122 valence electrons. The topological polar surface area (TPSA) is 123 Å². The molecule has 0 bridgehead atoms. The number of phosphoric acid groups is 1. The monoisotopic (exact) mass is 311 g/mol. The van der Waals surface area contributed by atoms with Gasteiger partial charge in [0.25, 0.3) is 0 Å². The summed E-state index contributed by atoms with van der Waals surface area (Å²) in [6.45, 7) is 2.72. The van der Waals surface area contributed by atoms with Crippen molar-refractivity contribution in [2.45, 2.75) is 38.5 Å². The van der Waals surface area contributed by atoms with E-state index in [9.17, 15) is 4.57 Å². The summed E-state index contributed by atoms with van der Waals surface area (Å²) in [6.07, 6.45) is 4.66. The van der Waals surface area contributed by atoms with Gasteiger partial charge in [-0.15, -0.1) is 0 Å². The third-order valence-electron chi connectivity index (χ3n) is 2.54. The zero-order valence-corrected chi connectivity index (χ0v) is 13.2. The summed E-state index contributed by atoms with van der Waals surface area (Å²) in [5, 5.41) is 0. The largest absolute Gasteiger partial charge is 0.474 e. The Bertz CT molecular complexity index is 219. The highest BCUT2D eigenvalue weighted by molar-refractivity contribution is 7.48. The molecule has 0 heterocycles. The van der Waals surface area contributed by atoms with Crippen LogP contribution in [-0.4, -0.2) is 39.5 Å². The molecule has 7 nitrogen and oxygen atoms in total. The van der Waals surface area contributed by atoms with E-state index in [1.807, 2.05) is 0 Å². The highest BCUT2D eigenvalue weighted by Crippen LogP contribution is 2.49. The molecule has 0 radical (unpaired) electrons. The molecular formula is C12H30N3O4P. The minimum absolute atomic E-state index is 0.322. The summed E-state index contributed by atoms with van der Waals surface area (Å²) >= 11 is 0. The molecule has 0 aliphatic rings. The first kappa shape index (κ1) is 20.0. The molecule has 0 amide bonds. The summed E-state index contributed by atoms with van der Waals surface area (Å²) in [5.41, 5.74) is 16.2. The van der Waals surface area contributed by atoms with Gasteiger partial charge in [0.2, 0.25) is 0 Å². The minimum atomic E-state index is -3.46. The molecule has 0 aliphatic carbocycles. The summed E-state index contributed by atoms with van der Waals surface area (Å²) in [7, 11) is -3.46. The van der Waals surface area contributed by atoms with Crippen LogP contribution in [-0.2, 0) is 18.1 Å². The molecule has 0 saturated heterocycles. The lowest BCUT2D eigenvalue weighted by molar-refractivity contribution is 0.109. The highest BCUT2D eigenvalue weighted by Gasteiger charge is 2.25. The smallest absolute Gasteiger partial charge is 0.330 e. The van der Waals surface area contributed by atoms with Crippen molar-refractivity contribution in [3.8, 4) is 0 Å². The number of unbranched alkanes of at least 4 members (excludes halogenated alkanes) is 3. The third-order valence-corrected chi connectivity index (χ3v) is 4.04. The fraction of sp³-hybridized carbons (Fsp3) is 1.00. The van der Waals surface area contributed by atoms with E-state index in [1.54, 1.807) is 0 Å². The van der Waals surface area contributed by atoms with Gasteiger partial charge in [-0.1, -0.05) is 0 Å². The summed E-state index contributed by atoms with van der Waals surface area (Å²) < 4.78 is 28.2. The van der Waals surface area contributed by atoms with Crippen LogP contribution in [0.3, 0.4) is 0 Å². The molecule has 0 aromatic heterocycles. The van der Waals surface area contributed by atoms with Crippen LogP contribution >= 0.6 is 7.82 Å². The molecule has 0 fully saturated rings. The van der Waals surface area contributed by atoms with Crippen molar-refractivity contribution in [1.29, 1.82) is 0 Å². The molecule has 0 aromatic rings. The Kier molecular flexibility index (Phi) is 13.9. The van der Waals surface area contributed by atoms with Gasteiger partial charge in [-0.05, 0) is 58.2 Å². The maximum atomic E-state index is 12.3. The van der Waals surface area contributed by atoms with Crippen LogP contribution in [0.5, 0.6) is 0 Å². The Labute approximate surface area is 122 Å². The van der Waals surface area contributed by atoms with Crippen LogP contribution in [0, 0.1) is 0 Å². The van der Waals surface area contributed by atoms with E-state index in [2.05, 4.69) is 0 Å². The minimum Gasteiger partial charge on any atom is -0.330 e. The van der Waals surface area contributed by atoms with E-state index in [-0.39, 0.29) is 0 Å². The Morgan fingerprint density at radius 3 is 1.15 bits per heavy atom. The zero-order chi connectivity index (χ0) is 15.1. The van der Waals surface area contributed by atoms with Crippen molar-refractivity contribution in [3.05, 3.63) is 0 Å². The first-order valence-electron chi connectivity index (χ1n) is 7.32. The Balaban J connectivity index is 4.02. The van der Waals surface area contributed by atoms with Gasteiger partial charge in [-0.3, -0.25) is 13.6 Å². The Morgan fingerprint density at radius 2 is 0.900 bits per heavy atom. The van der Waals surface area contributed by atoms with E-state index < -0.39 is 7.82 Å². The van der Waals surface area contributed by atoms with E-state index in [0.29, 0.717) is 39.5 Å². The first-order valence-corrected chi connectivity index (χ1v) is 8.78. The normalized spacial score (nSPS) is 11.9. The number of hydrogen-bond acceptors (Lipinski definition) is 7. The molecule has 6 N–H and O–H groups in total. The van der Waals surface area contributed by atoms with Crippen LogP contribution in [0.4, 0.5) is 0 Å². The van der Waals surface area contributed by atoms with Crippen LogP contribution in [0.2, 0.25) is 0 Å². The first-order chi connectivity index (χ1) is 9.68. The van der Waals surface area contributed by atoms with Gasteiger partial charge in [-0.2, -0.15) is 0 Å². The molecule has 0 atom stereocenters. The van der Waals surface area contributed by atoms with Crippen molar-refractivity contribution in [2.75, 3.05) is 39.5 Å². The molecule has 0 unspecified atom stereocenters. The van der Waals surface area contributed by atoms with E-state index in [1.165, 1.54) is 0 Å². The fourth-order valence-electron chi connectivity index (χ4n) is 1.38. The van der Waals surface area contributed by atoms with Gasteiger partial charge in [0.1, 0.15) is 0 Å². The third kappa shape index (κ3) is 11.8. The van der Waals surface area contributed by atoms with E-state index >= 15 is 0 Å². The van der Waals surface area contributed by atoms with E-state index in [0.717, 1.165) is 38.5 Å². The number of phosphoric ester groups is 1. The fourth-order valence-corrected chi connectivity index (χ4v) is 2.66. The average molecular weight is 311 g/mol. The van der Waals surface area contributed by atoms with Crippen LogP contribution in [0.1, 0.15) is 38.5 Å². The SMILES string of the molecule is NCCCCOP(=O)(OCCCCN)OCCCCN. The van der Waals surface area contributed by atoms with Crippen molar-refractivity contribution in [3.63, 3.8) is 0 Å². The lowest BCUT2D eigenvalue weighted by Gasteiger charge is -2.18. The molecule has 0 aromatic carbocycles. The standard InChI is InChI=1S/C12H30N3O4P/c13-7-1-4-10-17-20(16,18-11-5-2-8-14)19-12-6-3-9-15/h1-15H2. The van der Waals surface area contributed by atoms with Crippen molar-refractivity contribution in [1.82, 2.24) is 0 Å². The average Bonchev–Trinajstić information content (AvgIpc) is 2.45. The Morgan fingerprint density at radius 1 is 0.600 bits per heavy atom. The second-order valence-corrected chi connectivity index (χ2v) is 6.10. The summed E-state index contributed by atoms with van der Waals surface area (Å²) in [4.78, 5) is 0. The van der Waals surface area contributed by atoms with Crippen LogP contribution in [0.25, 0.3) is 0 Å². The predicted molar refractivity (Wildman–Crippen MR) is 80.3 cm³/mol. The van der Waals surface area contributed by atoms with Gasteiger partial charge in [0.05, 0.1) is 19.8 Å². The molecule has 0 aliphatic heterocycles. The number of hydrogen-bond donors (Lipinski definition) is 3.